The van der Waals surface area contributed by atoms with Crippen molar-refractivity contribution < 1.29 is 23.5 Å². The third kappa shape index (κ3) is 6.80. The summed E-state index contributed by atoms with van der Waals surface area (Å²) in [6.07, 6.45) is 0.665. The first kappa shape index (κ1) is 24.2. The number of nitrogens with zero attached hydrogens (tertiary/aromatic N) is 2. The Labute approximate surface area is 208 Å². The molecule has 0 saturated carbocycles. The molecule has 0 fully saturated rings. The van der Waals surface area contributed by atoms with Gasteiger partial charge in [-0.25, -0.2) is 4.98 Å². The lowest BCUT2D eigenvalue weighted by atomic mass is 10.1. The number of methoxy groups -OCH3 is 1. The van der Waals surface area contributed by atoms with Crippen LogP contribution in [0.2, 0.25) is 0 Å². The van der Waals surface area contributed by atoms with E-state index in [1.165, 1.54) is 7.11 Å². The SMILES string of the molecule is COC(=O)CC/C(=N\OCc1ccc(OCc2nc(-c3cccs3)oc2C)cc1)c1ccccc1. The van der Waals surface area contributed by atoms with Gasteiger partial charge in [0.25, 0.3) is 0 Å². The molecule has 7 nitrogen and oxygen atoms in total. The third-order valence-electron chi connectivity index (χ3n) is 5.23. The molecular formula is C27H26N2O5S. The minimum absolute atomic E-state index is 0.236. The number of aromatic nitrogens is 1. The van der Waals surface area contributed by atoms with E-state index in [0.717, 1.165) is 33.2 Å². The molecule has 0 spiro atoms. The van der Waals surface area contributed by atoms with Crippen LogP contribution in [0.25, 0.3) is 10.8 Å². The van der Waals surface area contributed by atoms with Gasteiger partial charge in [0.2, 0.25) is 5.89 Å². The van der Waals surface area contributed by atoms with Crippen LogP contribution in [0.5, 0.6) is 5.75 Å². The van der Waals surface area contributed by atoms with E-state index in [1.807, 2.05) is 79.0 Å². The fraction of sp³-hybridized carbons (Fsp3) is 0.222. The molecule has 0 amide bonds. The summed E-state index contributed by atoms with van der Waals surface area (Å²) in [6.45, 7) is 2.50. The summed E-state index contributed by atoms with van der Waals surface area (Å²) in [6, 6.07) is 21.2. The first-order chi connectivity index (χ1) is 17.1. The van der Waals surface area contributed by atoms with Crippen molar-refractivity contribution in [3.05, 3.63) is 94.7 Å². The van der Waals surface area contributed by atoms with Crippen molar-refractivity contribution in [3.63, 3.8) is 0 Å². The molecule has 4 aromatic rings. The summed E-state index contributed by atoms with van der Waals surface area (Å²) < 4.78 is 16.4. The number of hydrogen-bond acceptors (Lipinski definition) is 8. The van der Waals surface area contributed by atoms with Crippen molar-refractivity contribution in [1.29, 1.82) is 0 Å². The highest BCUT2D eigenvalue weighted by Crippen LogP contribution is 2.26. The Balaban J connectivity index is 1.32. The fourth-order valence-corrected chi connectivity index (χ4v) is 3.93. The number of rotatable bonds is 11. The molecule has 4 rings (SSSR count). The van der Waals surface area contributed by atoms with E-state index < -0.39 is 0 Å². The number of oxime groups is 1. The molecule has 180 valence electrons. The maximum absolute atomic E-state index is 11.6. The van der Waals surface area contributed by atoms with Crippen molar-refractivity contribution in [2.24, 2.45) is 5.16 Å². The molecule has 0 aliphatic heterocycles. The smallest absolute Gasteiger partial charge is 0.305 e. The normalized spacial score (nSPS) is 11.3. The lowest BCUT2D eigenvalue weighted by Crippen LogP contribution is -2.08. The van der Waals surface area contributed by atoms with Crippen LogP contribution in [0.4, 0.5) is 0 Å². The van der Waals surface area contributed by atoms with Gasteiger partial charge in [0.1, 0.15) is 30.4 Å². The van der Waals surface area contributed by atoms with Crippen molar-refractivity contribution in [2.45, 2.75) is 33.0 Å². The molecule has 0 radical (unpaired) electrons. The lowest BCUT2D eigenvalue weighted by molar-refractivity contribution is -0.140. The monoisotopic (exact) mass is 490 g/mol. The molecule has 35 heavy (non-hydrogen) atoms. The second-order valence-electron chi connectivity index (χ2n) is 7.69. The van der Waals surface area contributed by atoms with Crippen molar-refractivity contribution in [3.8, 4) is 16.5 Å². The predicted molar refractivity (Wildman–Crippen MR) is 134 cm³/mol. The van der Waals surface area contributed by atoms with Crippen LogP contribution < -0.4 is 4.74 Å². The Morgan fingerprint density at radius 2 is 1.80 bits per heavy atom. The number of oxazole rings is 1. The lowest BCUT2D eigenvalue weighted by Gasteiger charge is -2.08. The van der Waals surface area contributed by atoms with Crippen LogP contribution in [0.1, 0.15) is 35.4 Å². The minimum Gasteiger partial charge on any atom is -0.487 e. The maximum atomic E-state index is 11.6. The molecule has 0 unspecified atom stereocenters. The molecule has 0 aliphatic rings. The molecule has 0 bridgehead atoms. The van der Waals surface area contributed by atoms with Gasteiger partial charge in [0, 0.05) is 6.42 Å². The Morgan fingerprint density at radius 1 is 1.00 bits per heavy atom. The van der Waals surface area contributed by atoms with E-state index in [9.17, 15) is 4.79 Å². The largest absolute Gasteiger partial charge is 0.487 e. The van der Waals surface area contributed by atoms with E-state index in [2.05, 4.69) is 10.1 Å². The zero-order chi connectivity index (χ0) is 24.5. The first-order valence-corrected chi connectivity index (χ1v) is 12.0. The van der Waals surface area contributed by atoms with Crippen LogP contribution in [0, 0.1) is 6.92 Å². The van der Waals surface area contributed by atoms with Crippen LogP contribution in [-0.4, -0.2) is 23.8 Å². The van der Waals surface area contributed by atoms with Crippen LogP contribution in [0.3, 0.4) is 0 Å². The number of thiophene rings is 1. The van der Waals surface area contributed by atoms with Gasteiger partial charge in [0.15, 0.2) is 0 Å². The second kappa shape index (κ2) is 12.0. The highest BCUT2D eigenvalue weighted by Gasteiger charge is 2.13. The molecule has 2 heterocycles. The number of ether oxygens (including phenoxy) is 2. The van der Waals surface area contributed by atoms with Gasteiger partial charge < -0.3 is 18.7 Å². The summed E-state index contributed by atoms with van der Waals surface area (Å²) in [5, 5.41) is 6.28. The van der Waals surface area contributed by atoms with E-state index in [1.54, 1.807) is 11.3 Å². The van der Waals surface area contributed by atoms with Gasteiger partial charge in [-0.1, -0.05) is 53.7 Å². The van der Waals surface area contributed by atoms with Crippen LogP contribution in [0.15, 0.2) is 81.7 Å². The molecular weight excluding hydrogens is 464 g/mol. The summed E-state index contributed by atoms with van der Waals surface area (Å²) >= 11 is 1.59. The highest BCUT2D eigenvalue weighted by atomic mass is 32.1. The number of aryl methyl sites for hydroxylation is 1. The predicted octanol–water partition coefficient (Wildman–Crippen LogP) is 6.16. The van der Waals surface area contributed by atoms with E-state index >= 15 is 0 Å². The van der Waals surface area contributed by atoms with Gasteiger partial charge in [-0.15, -0.1) is 11.3 Å². The summed E-state index contributed by atoms with van der Waals surface area (Å²) in [5.41, 5.74) is 3.32. The Kier molecular flexibility index (Phi) is 8.30. The van der Waals surface area contributed by atoms with Gasteiger partial charge >= 0.3 is 5.97 Å². The zero-order valence-corrected chi connectivity index (χ0v) is 20.4. The van der Waals surface area contributed by atoms with Crippen molar-refractivity contribution in [2.75, 3.05) is 7.11 Å². The Morgan fingerprint density at radius 3 is 2.51 bits per heavy atom. The standard InChI is InChI=1S/C27H26N2O5S/c1-19-24(28-27(34-19)25-9-6-16-35-25)18-32-22-12-10-20(11-13-22)17-33-29-23(14-15-26(30)31-2)21-7-4-3-5-8-21/h3-13,16H,14-15,17-18H2,1-2H3/b29-23+. The summed E-state index contributed by atoms with van der Waals surface area (Å²) in [7, 11) is 1.38. The molecule has 8 heteroatoms. The highest BCUT2D eigenvalue weighted by molar-refractivity contribution is 7.13. The number of hydrogen-bond donors (Lipinski definition) is 0. The minimum atomic E-state index is -0.284. The fourth-order valence-electron chi connectivity index (χ4n) is 3.28. The average Bonchev–Trinajstić information content (AvgIpc) is 3.56. The van der Waals surface area contributed by atoms with Crippen LogP contribution >= 0.6 is 11.3 Å². The molecule has 0 saturated heterocycles. The van der Waals surface area contributed by atoms with Crippen LogP contribution in [-0.2, 0) is 27.6 Å². The van der Waals surface area contributed by atoms with E-state index in [4.69, 9.17) is 18.7 Å². The zero-order valence-electron chi connectivity index (χ0n) is 19.6. The Hall–Kier alpha value is -3.91. The van der Waals surface area contributed by atoms with E-state index in [0.29, 0.717) is 31.2 Å². The molecule has 0 aliphatic carbocycles. The average molecular weight is 491 g/mol. The number of esters is 1. The number of carbonyl (C=O) groups is 1. The maximum Gasteiger partial charge on any atom is 0.305 e. The molecule has 2 aromatic heterocycles. The topological polar surface area (TPSA) is 83.2 Å². The summed E-state index contributed by atoms with van der Waals surface area (Å²) in [4.78, 5) is 22.7. The van der Waals surface area contributed by atoms with Gasteiger partial charge in [-0.2, -0.15) is 0 Å². The van der Waals surface area contributed by atoms with Crippen molar-refractivity contribution in [1.82, 2.24) is 4.98 Å². The quantitative estimate of drug-likeness (QED) is 0.142. The number of carbonyl (C=O) groups excluding carboxylic acids is 1. The third-order valence-corrected chi connectivity index (χ3v) is 6.09. The van der Waals surface area contributed by atoms with Gasteiger partial charge in [-0.05, 0) is 41.6 Å². The second-order valence-corrected chi connectivity index (χ2v) is 8.63. The first-order valence-electron chi connectivity index (χ1n) is 11.2. The van der Waals surface area contributed by atoms with E-state index in [-0.39, 0.29) is 12.4 Å². The molecule has 2 aromatic carbocycles. The number of benzene rings is 2. The molecule has 0 N–H and O–H groups in total. The summed E-state index contributed by atoms with van der Waals surface area (Å²) in [5.74, 6) is 1.80. The van der Waals surface area contributed by atoms with Gasteiger partial charge in [-0.3, -0.25) is 4.79 Å². The van der Waals surface area contributed by atoms with Gasteiger partial charge in [0.05, 0.1) is 24.1 Å². The van der Waals surface area contributed by atoms with Crippen molar-refractivity contribution >= 4 is 23.0 Å². The Bertz CT molecular complexity index is 1250. The molecule has 0 atom stereocenters.